The molecule has 2 aromatic heterocycles. The lowest BCUT2D eigenvalue weighted by molar-refractivity contribution is 0.471. The van der Waals surface area contributed by atoms with E-state index in [9.17, 15) is 5.11 Å². The number of phenolic OH excluding ortho intramolecular Hbond substituents is 1. The third-order valence-corrected chi connectivity index (χ3v) is 5.35. The maximum absolute atomic E-state index is 9.91. The number of aryl methyl sites for hydroxylation is 2. The van der Waals surface area contributed by atoms with Crippen molar-refractivity contribution in [3.63, 3.8) is 0 Å². The molecule has 0 atom stereocenters. The molecule has 1 aliphatic rings. The summed E-state index contributed by atoms with van der Waals surface area (Å²) in [5.74, 6) is 1.15. The van der Waals surface area contributed by atoms with Crippen LogP contribution in [0.5, 0.6) is 5.75 Å². The normalized spacial score (nSPS) is 13.9. The molecule has 136 valence electrons. The number of aromatic nitrogens is 4. The molecule has 0 unspecified atom stereocenters. The van der Waals surface area contributed by atoms with Crippen LogP contribution in [-0.2, 0) is 13.0 Å². The predicted octanol–water partition coefficient (Wildman–Crippen LogP) is 3.59. The first-order chi connectivity index (χ1) is 13.1. The van der Waals surface area contributed by atoms with Crippen molar-refractivity contribution in [2.45, 2.75) is 26.8 Å². The van der Waals surface area contributed by atoms with E-state index < -0.39 is 0 Å². The second kappa shape index (κ2) is 5.96. The zero-order valence-corrected chi connectivity index (χ0v) is 15.3. The van der Waals surface area contributed by atoms with Crippen LogP contribution >= 0.6 is 0 Å². The summed E-state index contributed by atoms with van der Waals surface area (Å²) < 4.78 is 0. The molecule has 4 aromatic rings. The highest BCUT2D eigenvalue weighted by Gasteiger charge is 2.18. The van der Waals surface area contributed by atoms with E-state index in [4.69, 9.17) is 4.98 Å². The van der Waals surface area contributed by atoms with E-state index in [-0.39, 0.29) is 0 Å². The number of H-pyrrole nitrogens is 2. The maximum atomic E-state index is 9.91. The van der Waals surface area contributed by atoms with Crippen LogP contribution in [0.2, 0.25) is 0 Å². The highest BCUT2D eigenvalue weighted by atomic mass is 16.3. The van der Waals surface area contributed by atoms with Crippen LogP contribution in [0.3, 0.4) is 0 Å². The van der Waals surface area contributed by atoms with Crippen molar-refractivity contribution in [3.05, 3.63) is 52.8 Å². The van der Waals surface area contributed by atoms with Crippen molar-refractivity contribution < 1.29 is 5.11 Å². The molecule has 0 bridgehead atoms. The van der Waals surface area contributed by atoms with Gasteiger partial charge < -0.3 is 15.4 Å². The molecular formula is C21H21N5O. The van der Waals surface area contributed by atoms with E-state index in [1.54, 1.807) is 0 Å². The quantitative estimate of drug-likeness (QED) is 0.440. The highest BCUT2D eigenvalue weighted by Crippen LogP contribution is 2.33. The molecule has 0 radical (unpaired) electrons. The van der Waals surface area contributed by atoms with Gasteiger partial charge in [0.25, 0.3) is 0 Å². The van der Waals surface area contributed by atoms with Crippen LogP contribution in [0.25, 0.3) is 33.5 Å². The number of phenols is 1. The lowest BCUT2D eigenvalue weighted by Gasteiger charge is -2.09. The van der Waals surface area contributed by atoms with Gasteiger partial charge in [-0.25, -0.2) is 4.98 Å². The average Bonchev–Trinajstić information content (AvgIpc) is 3.27. The molecule has 0 saturated carbocycles. The van der Waals surface area contributed by atoms with E-state index in [1.807, 2.05) is 26.0 Å². The molecule has 1 aliphatic heterocycles. The number of fused-ring (bicyclic) bond motifs is 2. The number of nitrogens with zero attached hydrogens (tertiary/aromatic N) is 2. The molecule has 0 spiro atoms. The van der Waals surface area contributed by atoms with Gasteiger partial charge in [0.2, 0.25) is 0 Å². The molecule has 6 heteroatoms. The van der Waals surface area contributed by atoms with Gasteiger partial charge in [-0.2, -0.15) is 5.10 Å². The van der Waals surface area contributed by atoms with Gasteiger partial charge in [0.05, 0.1) is 16.9 Å². The third-order valence-electron chi connectivity index (χ3n) is 5.35. The van der Waals surface area contributed by atoms with Crippen molar-refractivity contribution in [2.24, 2.45) is 0 Å². The number of hydrogen-bond acceptors (Lipinski definition) is 4. The molecular weight excluding hydrogens is 338 g/mol. The fourth-order valence-corrected chi connectivity index (χ4v) is 3.81. The van der Waals surface area contributed by atoms with Crippen LogP contribution in [0.1, 0.15) is 22.5 Å². The van der Waals surface area contributed by atoms with Crippen LogP contribution < -0.4 is 5.32 Å². The van der Waals surface area contributed by atoms with Crippen LogP contribution in [0.4, 0.5) is 0 Å². The Morgan fingerprint density at radius 1 is 1.07 bits per heavy atom. The van der Waals surface area contributed by atoms with E-state index in [1.165, 1.54) is 0 Å². The largest absolute Gasteiger partial charge is 0.508 e. The van der Waals surface area contributed by atoms with Crippen LogP contribution in [0.15, 0.2) is 30.3 Å². The Morgan fingerprint density at radius 3 is 2.81 bits per heavy atom. The van der Waals surface area contributed by atoms with Gasteiger partial charge in [0.1, 0.15) is 11.4 Å². The van der Waals surface area contributed by atoms with Crippen molar-refractivity contribution in [1.82, 2.24) is 25.5 Å². The number of rotatable bonds is 2. The van der Waals surface area contributed by atoms with E-state index in [2.05, 4.69) is 38.7 Å². The standard InChI is InChI=1S/C21H21N5O/c1-11-8-19(27)12(2)7-15(11)13-3-4-14-17(9-13)25-26-20(14)21-23-16-5-6-22-10-18(16)24-21/h3-4,7-9,22,27H,5-6,10H2,1-2H3,(H,23,24)(H,25,26). The Bertz CT molecular complexity index is 1150. The van der Waals surface area contributed by atoms with E-state index in [0.717, 1.165) is 75.6 Å². The van der Waals surface area contributed by atoms with E-state index >= 15 is 0 Å². The monoisotopic (exact) mass is 359 g/mol. The Kier molecular flexibility index (Phi) is 3.55. The number of aromatic amines is 2. The SMILES string of the molecule is Cc1cc(-c2ccc3c(-c4nc5c([nH]4)CNCC5)n[nH]c3c2)c(C)cc1O. The lowest BCUT2D eigenvalue weighted by Crippen LogP contribution is -2.23. The van der Waals surface area contributed by atoms with Crippen LogP contribution in [0, 0.1) is 13.8 Å². The fraction of sp³-hybridized carbons (Fsp3) is 0.238. The summed E-state index contributed by atoms with van der Waals surface area (Å²) >= 11 is 0. The number of nitrogens with one attached hydrogen (secondary N) is 3. The molecule has 3 heterocycles. The molecule has 2 aromatic carbocycles. The molecule has 27 heavy (non-hydrogen) atoms. The summed E-state index contributed by atoms with van der Waals surface area (Å²) in [5.41, 5.74) is 8.24. The van der Waals surface area contributed by atoms with Gasteiger partial charge in [-0.3, -0.25) is 5.10 Å². The summed E-state index contributed by atoms with van der Waals surface area (Å²) in [6, 6.07) is 10.1. The minimum Gasteiger partial charge on any atom is -0.508 e. The second-order valence-corrected chi connectivity index (χ2v) is 7.22. The van der Waals surface area contributed by atoms with Crippen molar-refractivity contribution in [1.29, 1.82) is 0 Å². The number of aromatic hydroxyl groups is 1. The van der Waals surface area contributed by atoms with Gasteiger partial charge in [-0.1, -0.05) is 6.07 Å². The first kappa shape index (κ1) is 16.1. The predicted molar refractivity (Wildman–Crippen MR) is 106 cm³/mol. The molecule has 0 fully saturated rings. The smallest absolute Gasteiger partial charge is 0.159 e. The Labute approximate surface area is 156 Å². The fourth-order valence-electron chi connectivity index (χ4n) is 3.81. The van der Waals surface area contributed by atoms with Crippen molar-refractivity contribution in [2.75, 3.05) is 6.54 Å². The summed E-state index contributed by atoms with van der Waals surface area (Å²) in [5, 5.41) is 22.0. The van der Waals surface area contributed by atoms with Gasteiger partial charge in [-0.05, 0) is 60.4 Å². The first-order valence-corrected chi connectivity index (χ1v) is 9.17. The summed E-state index contributed by atoms with van der Waals surface area (Å²) in [4.78, 5) is 8.17. The first-order valence-electron chi connectivity index (χ1n) is 9.17. The topological polar surface area (TPSA) is 89.6 Å². The molecule has 0 aliphatic carbocycles. The average molecular weight is 359 g/mol. The Morgan fingerprint density at radius 2 is 1.96 bits per heavy atom. The van der Waals surface area contributed by atoms with Gasteiger partial charge in [0, 0.05) is 24.9 Å². The molecule has 0 amide bonds. The summed E-state index contributed by atoms with van der Waals surface area (Å²) in [6.07, 6.45) is 0.942. The number of hydrogen-bond donors (Lipinski definition) is 4. The lowest BCUT2D eigenvalue weighted by atomic mass is 9.97. The maximum Gasteiger partial charge on any atom is 0.159 e. The van der Waals surface area contributed by atoms with Gasteiger partial charge in [0.15, 0.2) is 5.82 Å². The highest BCUT2D eigenvalue weighted by molar-refractivity contribution is 5.94. The molecule has 4 N–H and O–H groups in total. The molecule has 6 nitrogen and oxygen atoms in total. The van der Waals surface area contributed by atoms with Gasteiger partial charge >= 0.3 is 0 Å². The van der Waals surface area contributed by atoms with Crippen molar-refractivity contribution in [3.8, 4) is 28.4 Å². The third kappa shape index (κ3) is 2.61. The number of benzene rings is 2. The minimum atomic E-state index is 0.331. The van der Waals surface area contributed by atoms with Crippen molar-refractivity contribution >= 4 is 10.9 Å². The number of imidazole rings is 1. The molecule has 0 saturated heterocycles. The minimum absolute atomic E-state index is 0.331. The second-order valence-electron chi connectivity index (χ2n) is 7.22. The zero-order chi connectivity index (χ0) is 18.5. The van der Waals surface area contributed by atoms with E-state index in [0.29, 0.717) is 5.75 Å². The molecule has 5 rings (SSSR count). The Hall–Kier alpha value is -3.12. The zero-order valence-electron chi connectivity index (χ0n) is 15.3. The summed E-state index contributed by atoms with van der Waals surface area (Å²) in [6.45, 7) is 5.72. The van der Waals surface area contributed by atoms with Crippen LogP contribution in [-0.4, -0.2) is 31.8 Å². The van der Waals surface area contributed by atoms with Gasteiger partial charge in [-0.15, -0.1) is 0 Å². The Balaban J connectivity index is 1.59. The summed E-state index contributed by atoms with van der Waals surface area (Å²) in [7, 11) is 0.